The van der Waals surface area contributed by atoms with Crippen LogP contribution < -0.4 is 5.32 Å². The molecule has 1 aliphatic heterocycles. The number of aryl methyl sites for hydroxylation is 1. The first-order chi connectivity index (χ1) is 11.0. The van der Waals surface area contributed by atoms with E-state index in [9.17, 15) is 9.18 Å². The van der Waals surface area contributed by atoms with Crippen molar-refractivity contribution in [3.05, 3.63) is 59.3 Å². The molecule has 0 radical (unpaired) electrons. The normalized spacial score (nSPS) is 20.0. The molecule has 5 nitrogen and oxygen atoms in total. The molecule has 0 unspecified atom stereocenters. The Morgan fingerprint density at radius 3 is 2.91 bits per heavy atom. The zero-order chi connectivity index (χ0) is 16.4. The van der Waals surface area contributed by atoms with Gasteiger partial charge in [0.1, 0.15) is 17.3 Å². The van der Waals surface area contributed by atoms with Gasteiger partial charge < -0.3 is 14.6 Å². The molecule has 0 saturated heterocycles. The monoisotopic (exact) mass is 316 g/mol. The molecule has 1 atom stereocenters. The fourth-order valence-corrected chi connectivity index (χ4v) is 2.42. The lowest BCUT2D eigenvalue weighted by Crippen LogP contribution is -2.44. The van der Waals surface area contributed by atoms with Crippen molar-refractivity contribution in [2.45, 2.75) is 32.4 Å². The highest BCUT2D eigenvalue weighted by Gasteiger charge is 2.42. The van der Waals surface area contributed by atoms with Crippen molar-refractivity contribution in [2.24, 2.45) is 5.16 Å². The molecule has 1 amide bonds. The van der Waals surface area contributed by atoms with Crippen molar-refractivity contribution < 1.29 is 18.4 Å². The van der Waals surface area contributed by atoms with Crippen LogP contribution in [0.1, 0.15) is 30.4 Å². The van der Waals surface area contributed by atoms with Crippen LogP contribution in [0.25, 0.3) is 0 Å². The van der Waals surface area contributed by atoms with Crippen LogP contribution in [-0.4, -0.2) is 17.2 Å². The minimum absolute atomic E-state index is 0.277. The molecule has 2 heterocycles. The fraction of sp³-hybridized carbons (Fsp3) is 0.294. The van der Waals surface area contributed by atoms with Gasteiger partial charge in [-0.25, -0.2) is 4.39 Å². The topological polar surface area (TPSA) is 63.8 Å². The molecule has 6 heteroatoms. The molecule has 0 saturated carbocycles. The number of nitrogens with one attached hydrogen (secondary N) is 1. The third kappa shape index (κ3) is 3.26. The maximum absolute atomic E-state index is 13.3. The van der Waals surface area contributed by atoms with Crippen LogP contribution in [0, 0.1) is 12.7 Å². The van der Waals surface area contributed by atoms with Crippen LogP contribution >= 0.6 is 0 Å². The SMILES string of the molecule is Cc1ccc(CNC(=O)[C@@]2(C)CC(c3cccc(F)c3)=NO2)o1. The van der Waals surface area contributed by atoms with Crippen molar-refractivity contribution in [3.63, 3.8) is 0 Å². The Hall–Kier alpha value is -2.63. The van der Waals surface area contributed by atoms with E-state index in [4.69, 9.17) is 9.25 Å². The molecule has 23 heavy (non-hydrogen) atoms. The average Bonchev–Trinajstić information content (AvgIpc) is 3.12. The summed E-state index contributed by atoms with van der Waals surface area (Å²) < 4.78 is 18.7. The first kappa shape index (κ1) is 15.3. The molecule has 3 rings (SSSR count). The maximum Gasteiger partial charge on any atom is 0.267 e. The summed E-state index contributed by atoms with van der Waals surface area (Å²) in [6.07, 6.45) is 0.277. The van der Waals surface area contributed by atoms with E-state index in [0.717, 1.165) is 5.76 Å². The summed E-state index contributed by atoms with van der Waals surface area (Å²) >= 11 is 0. The Balaban J connectivity index is 1.63. The van der Waals surface area contributed by atoms with E-state index in [-0.39, 0.29) is 24.7 Å². The Morgan fingerprint density at radius 1 is 1.39 bits per heavy atom. The second-order valence-electron chi connectivity index (χ2n) is 5.74. The first-order valence-corrected chi connectivity index (χ1v) is 7.31. The quantitative estimate of drug-likeness (QED) is 0.943. The van der Waals surface area contributed by atoms with Gasteiger partial charge in [-0.05, 0) is 38.1 Å². The number of nitrogens with zero attached hydrogens (tertiary/aromatic N) is 1. The first-order valence-electron chi connectivity index (χ1n) is 7.31. The summed E-state index contributed by atoms with van der Waals surface area (Å²) in [5.74, 6) is 0.816. The summed E-state index contributed by atoms with van der Waals surface area (Å²) in [6, 6.07) is 9.71. The smallest absolute Gasteiger partial charge is 0.267 e. The summed E-state index contributed by atoms with van der Waals surface area (Å²) in [5, 5.41) is 6.72. The van der Waals surface area contributed by atoms with Gasteiger partial charge >= 0.3 is 0 Å². The minimum Gasteiger partial charge on any atom is -0.465 e. The lowest BCUT2D eigenvalue weighted by Gasteiger charge is -2.20. The van der Waals surface area contributed by atoms with Crippen LogP contribution in [0.5, 0.6) is 0 Å². The number of amides is 1. The van der Waals surface area contributed by atoms with E-state index in [1.807, 2.05) is 19.1 Å². The van der Waals surface area contributed by atoms with E-state index < -0.39 is 5.60 Å². The van der Waals surface area contributed by atoms with Gasteiger partial charge in [0.2, 0.25) is 5.60 Å². The van der Waals surface area contributed by atoms with E-state index in [0.29, 0.717) is 17.0 Å². The number of hydrogen-bond acceptors (Lipinski definition) is 4. The van der Waals surface area contributed by atoms with Gasteiger partial charge in [0, 0.05) is 12.0 Å². The molecule has 0 fully saturated rings. The van der Waals surface area contributed by atoms with Crippen LogP contribution in [0.2, 0.25) is 0 Å². The fourth-order valence-electron chi connectivity index (χ4n) is 2.42. The van der Waals surface area contributed by atoms with E-state index >= 15 is 0 Å². The molecule has 0 aliphatic carbocycles. The van der Waals surface area contributed by atoms with Gasteiger partial charge in [-0.15, -0.1) is 0 Å². The summed E-state index contributed by atoms with van der Waals surface area (Å²) in [6.45, 7) is 3.78. The van der Waals surface area contributed by atoms with Crippen molar-refractivity contribution in [2.75, 3.05) is 0 Å². The van der Waals surface area contributed by atoms with Gasteiger partial charge in [0.25, 0.3) is 5.91 Å². The number of hydrogen-bond donors (Lipinski definition) is 1. The van der Waals surface area contributed by atoms with Crippen LogP contribution in [0.15, 0.2) is 46.0 Å². The Morgan fingerprint density at radius 2 is 2.22 bits per heavy atom. The molecular formula is C17H17FN2O3. The molecular weight excluding hydrogens is 299 g/mol. The van der Waals surface area contributed by atoms with Crippen LogP contribution in [0.3, 0.4) is 0 Å². The molecule has 1 aromatic carbocycles. The second kappa shape index (κ2) is 5.87. The van der Waals surface area contributed by atoms with Gasteiger partial charge in [0.05, 0.1) is 12.3 Å². The van der Waals surface area contributed by atoms with Crippen LogP contribution in [0.4, 0.5) is 4.39 Å². The highest BCUT2D eigenvalue weighted by Crippen LogP contribution is 2.27. The molecule has 1 N–H and O–H groups in total. The van der Waals surface area contributed by atoms with Crippen molar-refractivity contribution in [1.82, 2.24) is 5.32 Å². The average molecular weight is 316 g/mol. The number of rotatable bonds is 4. The molecule has 1 aromatic heterocycles. The van der Waals surface area contributed by atoms with E-state index in [1.54, 1.807) is 19.1 Å². The maximum atomic E-state index is 13.3. The predicted molar refractivity (Wildman–Crippen MR) is 82.3 cm³/mol. The van der Waals surface area contributed by atoms with Crippen molar-refractivity contribution in [3.8, 4) is 0 Å². The molecule has 120 valence electrons. The minimum atomic E-state index is -1.11. The summed E-state index contributed by atoms with van der Waals surface area (Å²) in [5.41, 5.74) is 0.0581. The standard InChI is InChI=1S/C17H17FN2O3/c1-11-6-7-14(22-11)10-19-16(21)17(2)9-15(20-23-17)12-4-3-5-13(18)8-12/h3-8H,9-10H2,1-2H3,(H,19,21)/t17-/m1/s1. The second-order valence-corrected chi connectivity index (χ2v) is 5.74. The molecule has 0 spiro atoms. The Bertz CT molecular complexity index is 769. The predicted octanol–water partition coefficient (Wildman–Crippen LogP) is 2.93. The Kier molecular flexibility index (Phi) is 3.90. The zero-order valence-electron chi connectivity index (χ0n) is 12.9. The highest BCUT2D eigenvalue weighted by atomic mass is 19.1. The highest BCUT2D eigenvalue weighted by molar-refractivity contribution is 6.05. The van der Waals surface area contributed by atoms with Gasteiger partial charge in [-0.1, -0.05) is 17.3 Å². The number of oxime groups is 1. The number of benzene rings is 1. The summed E-state index contributed by atoms with van der Waals surface area (Å²) in [4.78, 5) is 17.7. The van der Waals surface area contributed by atoms with E-state index in [2.05, 4.69) is 10.5 Å². The molecule has 0 bridgehead atoms. The molecule has 2 aromatic rings. The van der Waals surface area contributed by atoms with Crippen molar-refractivity contribution in [1.29, 1.82) is 0 Å². The van der Waals surface area contributed by atoms with Gasteiger partial charge in [0.15, 0.2) is 0 Å². The van der Waals surface area contributed by atoms with E-state index in [1.165, 1.54) is 12.1 Å². The largest absolute Gasteiger partial charge is 0.465 e. The number of halogens is 1. The summed E-state index contributed by atoms with van der Waals surface area (Å²) in [7, 11) is 0. The lowest BCUT2D eigenvalue weighted by molar-refractivity contribution is -0.142. The number of carbonyl (C=O) groups is 1. The number of carbonyl (C=O) groups excluding carboxylic acids is 1. The molecule has 1 aliphatic rings. The van der Waals surface area contributed by atoms with Gasteiger partial charge in [-0.3, -0.25) is 4.79 Å². The number of furan rings is 1. The third-order valence-electron chi connectivity index (χ3n) is 3.72. The lowest BCUT2D eigenvalue weighted by atomic mass is 9.95. The Labute approximate surface area is 133 Å². The van der Waals surface area contributed by atoms with Crippen molar-refractivity contribution >= 4 is 11.6 Å². The van der Waals surface area contributed by atoms with Gasteiger partial charge in [-0.2, -0.15) is 0 Å². The third-order valence-corrected chi connectivity index (χ3v) is 3.72. The zero-order valence-corrected chi connectivity index (χ0v) is 12.9. The van der Waals surface area contributed by atoms with Crippen LogP contribution in [-0.2, 0) is 16.2 Å².